The molecular formula is C33H22BrNO3. The van der Waals surface area contributed by atoms with Crippen LogP contribution >= 0.6 is 15.9 Å². The number of benzene rings is 4. The third-order valence-electron chi connectivity index (χ3n) is 8.27. The van der Waals surface area contributed by atoms with Gasteiger partial charge in [0.15, 0.2) is 17.3 Å². The summed E-state index contributed by atoms with van der Waals surface area (Å²) in [5, 5.41) is 0. The molecule has 0 unspecified atom stereocenters. The van der Waals surface area contributed by atoms with Crippen molar-refractivity contribution < 1.29 is 14.4 Å². The molecule has 0 aromatic heterocycles. The fourth-order valence-corrected chi connectivity index (χ4v) is 7.00. The van der Waals surface area contributed by atoms with E-state index in [4.69, 9.17) is 0 Å². The highest BCUT2D eigenvalue weighted by Crippen LogP contribution is 2.61. The Morgan fingerprint density at radius 2 is 1.34 bits per heavy atom. The minimum absolute atomic E-state index is 0.109. The number of hydrogen-bond acceptors (Lipinski definition) is 4. The number of rotatable bonds is 3. The standard InChI is InChI=1S/C33H22BrNO3/c34-23-17-14-21(15-18-23)28-29(30(36)22-9-2-1-3-10-22)35-26-13-7-4-8-20(26)16-19-27(35)33(28)31(37)24-11-5-6-12-25(24)32(33)38/h1-19,27-29H/t27-,28-,29-/m0/s1. The number of anilines is 1. The van der Waals surface area contributed by atoms with Crippen molar-refractivity contribution in [1.29, 1.82) is 0 Å². The maximum Gasteiger partial charge on any atom is 0.185 e. The first-order chi connectivity index (χ1) is 18.5. The van der Waals surface area contributed by atoms with Gasteiger partial charge >= 0.3 is 0 Å². The lowest BCUT2D eigenvalue weighted by atomic mass is 9.64. The highest BCUT2D eigenvalue weighted by Gasteiger charge is 2.71. The Morgan fingerprint density at radius 1 is 0.737 bits per heavy atom. The smallest absolute Gasteiger partial charge is 0.185 e. The molecule has 1 fully saturated rings. The number of para-hydroxylation sites is 1. The van der Waals surface area contributed by atoms with E-state index in [1.54, 1.807) is 36.4 Å². The first-order valence-corrected chi connectivity index (χ1v) is 13.4. The minimum atomic E-state index is -1.48. The van der Waals surface area contributed by atoms with Gasteiger partial charge in [-0.15, -0.1) is 0 Å². The van der Waals surface area contributed by atoms with Crippen LogP contribution in [-0.4, -0.2) is 29.4 Å². The van der Waals surface area contributed by atoms with Crippen LogP contribution in [0, 0.1) is 5.41 Å². The van der Waals surface area contributed by atoms with Gasteiger partial charge < -0.3 is 4.90 Å². The number of Topliss-reactive ketones (excluding diaryl/α,β-unsaturated/α-hetero) is 3. The van der Waals surface area contributed by atoms with Gasteiger partial charge in [0.05, 0.1) is 6.04 Å². The number of hydrogen-bond donors (Lipinski definition) is 0. The summed E-state index contributed by atoms with van der Waals surface area (Å²) in [5.41, 5.74) is 2.53. The molecule has 4 nitrogen and oxygen atoms in total. The van der Waals surface area contributed by atoms with Crippen molar-refractivity contribution in [2.45, 2.75) is 18.0 Å². The maximum absolute atomic E-state index is 14.6. The highest BCUT2D eigenvalue weighted by atomic mass is 79.9. The van der Waals surface area contributed by atoms with Crippen LogP contribution in [0.1, 0.15) is 48.1 Å². The van der Waals surface area contributed by atoms with Gasteiger partial charge in [0.2, 0.25) is 0 Å². The molecule has 0 saturated carbocycles. The van der Waals surface area contributed by atoms with E-state index in [0.29, 0.717) is 16.7 Å². The van der Waals surface area contributed by atoms with Crippen LogP contribution in [0.3, 0.4) is 0 Å². The molecule has 4 aromatic rings. The van der Waals surface area contributed by atoms with Gasteiger partial charge in [-0.25, -0.2) is 0 Å². The quantitative estimate of drug-likeness (QED) is 0.205. The topological polar surface area (TPSA) is 54.5 Å². The summed E-state index contributed by atoms with van der Waals surface area (Å²) in [7, 11) is 0. The fourth-order valence-electron chi connectivity index (χ4n) is 6.73. The largest absolute Gasteiger partial charge is 0.352 e. The van der Waals surface area contributed by atoms with Crippen LogP contribution < -0.4 is 4.90 Å². The van der Waals surface area contributed by atoms with Crippen molar-refractivity contribution in [3.05, 3.63) is 141 Å². The zero-order chi connectivity index (χ0) is 26.0. The predicted molar refractivity (Wildman–Crippen MR) is 151 cm³/mol. The third kappa shape index (κ3) is 2.99. The monoisotopic (exact) mass is 559 g/mol. The molecule has 1 spiro atoms. The summed E-state index contributed by atoms with van der Waals surface area (Å²) in [6.45, 7) is 0. The molecule has 3 aliphatic rings. The number of carbonyl (C=O) groups excluding carboxylic acids is 3. The third-order valence-corrected chi connectivity index (χ3v) is 8.80. The summed E-state index contributed by atoms with van der Waals surface area (Å²) in [6, 6.07) is 30.4. The molecule has 2 heterocycles. The molecule has 0 N–H and O–H groups in total. The molecule has 1 aliphatic carbocycles. The molecule has 5 heteroatoms. The average Bonchev–Trinajstić information content (AvgIpc) is 3.40. The summed E-state index contributed by atoms with van der Waals surface area (Å²) in [6.07, 6.45) is 3.93. The van der Waals surface area contributed by atoms with Crippen molar-refractivity contribution in [2.24, 2.45) is 5.41 Å². The van der Waals surface area contributed by atoms with Crippen LogP contribution in [0.2, 0.25) is 0 Å². The Hall–Kier alpha value is -4.09. The number of halogens is 1. The van der Waals surface area contributed by atoms with E-state index in [2.05, 4.69) is 15.9 Å². The Kier molecular flexibility index (Phi) is 5.14. The molecule has 0 radical (unpaired) electrons. The van der Waals surface area contributed by atoms with Crippen LogP contribution in [-0.2, 0) is 0 Å². The number of fused-ring (bicyclic) bond motifs is 5. The average molecular weight is 560 g/mol. The van der Waals surface area contributed by atoms with Crippen molar-refractivity contribution in [3.63, 3.8) is 0 Å². The first kappa shape index (κ1) is 23.1. The van der Waals surface area contributed by atoms with Gasteiger partial charge in [-0.1, -0.05) is 113 Å². The summed E-state index contributed by atoms with van der Waals surface area (Å²) in [4.78, 5) is 45.6. The maximum atomic E-state index is 14.6. The minimum Gasteiger partial charge on any atom is -0.352 e. The Balaban J connectivity index is 1.55. The van der Waals surface area contributed by atoms with E-state index in [1.165, 1.54) is 0 Å². The van der Waals surface area contributed by atoms with Gasteiger partial charge in [-0.3, -0.25) is 14.4 Å². The molecule has 0 bridgehead atoms. The molecule has 184 valence electrons. The predicted octanol–water partition coefficient (Wildman–Crippen LogP) is 6.77. The van der Waals surface area contributed by atoms with Crippen LogP contribution in [0.5, 0.6) is 0 Å². The van der Waals surface area contributed by atoms with Gasteiger partial charge in [-0.05, 0) is 29.3 Å². The summed E-state index contributed by atoms with van der Waals surface area (Å²) < 4.78 is 0.884. The van der Waals surface area contributed by atoms with E-state index in [0.717, 1.165) is 21.3 Å². The van der Waals surface area contributed by atoms with E-state index < -0.39 is 23.4 Å². The van der Waals surface area contributed by atoms with E-state index in [1.807, 2.05) is 83.8 Å². The SMILES string of the molecule is O=C(c1ccccc1)[C@@H]1[C@H](c2ccc(Br)cc2)C2(C(=O)c3ccccc3C2=O)[C@@H]2C=Cc3ccccc3N12. The van der Waals surface area contributed by atoms with Crippen molar-refractivity contribution in [1.82, 2.24) is 0 Å². The van der Waals surface area contributed by atoms with Crippen LogP contribution in [0.25, 0.3) is 6.08 Å². The van der Waals surface area contributed by atoms with Gasteiger partial charge in [-0.2, -0.15) is 0 Å². The lowest BCUT2D eigenvalue weighted by Crippen LogP contribution is -2.48. The Morgan fingerprint density at radius 3 is 2.03 bits per heavy atom. The number of carbonyl (C=O) groups is 3. The van der Waals surface area contributed by atoms with Gasteiger partial charge in [0.1, 0.15) is 11.5 Å². The first-order valence-electron chi connectivity index (χ1n) is 12.6. The summed E-state index contributed by atoms with van der Waals surface area (Å²) >= 11 is 3.52. The fraction of sp³-hybridized carbons (Fsp3) is 0.121. The zero-order valence-corrected chi connectivity index (χ0v) is 21.8. The molecular weight excluding hydrogens is 538 g/mol. The molecule has 1 saturated heterocycles. The second kappa shape index (κ2) is 8.47. The Bertz CT molecular complexity index is 1620. The van der Waals surface area contributed by atoms with E-state index in [9.17, 15) is 14.4 Å². The van der Waals surface area contributed by atoms with Gasteiger partial charge in [0, 0.05) is 32.8 Å². The van der Waals surface area contributed by atoms with Crippen molar-refractivity contribution in [2.75, 3.05) is 4.90 Å². The normalized spacial score (nSPS) is 22.3. The zero-order valence-electron chi connectivity index (χ0n) is 20.3. The van der Waals surface area contributed by atoms with Crippen molar-refractivity contribution >= 4 is 45.0 Å². The van der Waals surface area contributed by atoms with Crippen molar-refractivity contribution in [3.8, 4) is 0 Å². The van der Waals surface area contributed by atoms with Crippen LogP contribution in [0.4, 0.5) is 5.69 Å². The lowest BCUT2D eigenvalue weighted by Gasteiger charge is -2.37. The second-order valence-electron chi connectivity index (χ2n) is 10.0. The molecule has 4 aromatic carbocycles. The molecule has 3 atom stereocenters. The molecule has 0 amide bonds. The van der Waals surface area contributed by atoms with Crippen LogP contribution in [0.15, 0.2) is 114 Å². The highest BCUT2D eigenvalue weighted by molar-refractivity contribution is 9.10. The number of ketones is 3. The Labute approximate surface area is 228 Å². The van der Waals surface area contributed by atoms with E-state index in [-0.39, 0.29) is 17.3 Å². The molecule has 7 rings (SSSR count). The lowest BCUT2D eigenvalue weighted by molar-refractivity contribution is 0.0666. The second-order valence-corrected chi connectivity index (χ2v) is 11.0. The van der Waals surface area contributed by atoms with Gasteiger partial charge in [0.25, 0.3) is 0 Å². The molecule has 38 heavy (non-hydrogen) atoms. The van der Waals surface area contributed by atoms with E-state index >= 15 is 0 Å². The number of nitrogens with zero attached hydrogens (tertiary/aromatic N) is 1. The molecule has 2 aliphatic heterocycles. The summed E-state index contributed by atoms with van der Waals surface area (Å²) in [5.74, 6) is -1.24.